The number of thiophene rings is 1. The minimum absolute atomic E-state index is 0.117. The van der Waals surface area contributed by atoms with Gasteiger partial charge in [-0.3, -0.25) is 0 Å². The van der Waals surface area contributed by atoms with Crippen molar-refractivity contribution in [2.24, 2.45) is 0 Å². The van der Waals surface area contributed by atoms with Crippen LogP contribution in [-0.4, -0.2) is 25.7 Å². The molecule has 0 atom stereocenters. The highest BCUT2D eigenvalue weighted by molar-refractivity contribution is 7.91. The molecular formula is C12H19NO3S2. The van der Waals surface area contributed by atoms with Crippen LogP contribution in [0.5, 0.6) is 0 Å². The zero-order valence-electron chi connectivity index (χ0n) is 10.5. The maximum Gasteiger partial charge on any atom is 0.250 e. The van der Waals surface area contributed by atoms with Gasteiger partial charge in [0.25, 0.3) is 0 Å². The first-order chi connectivity index (χ1) is 8.41. The van der Waals surface area contributed by atoms with Crippen LogP contribution >= 0.6 is 11.3 Å². The summed E-state index contributed by atoms with van der Waals surface area (Å²) in [4.78, 5) is 0.965. The molecule has 1 aromatic heterocycles. The van der Waals surface area contributed by atoms with Crippen LogP contribution in [0.1, 0.15) is 37.0 Å². The highest BCUT2D eigenvalue weighted by Gasteiger charge is 2.31. The number of aryl methyl sites for hydroxylation is 1. The molecule has 0 bridgehead atoms. The van der Waals surface area contributed by atoms with Crippen LogP contribution in [0.2, 0.25) is 0 Å². The summed E-state index contributed by atoms with van der Waals surface area (Å²) < 4.78 is 26.9. The van der Waals surface area contributed by atoms with E-state index >= 15 is 0 Å². The summed E-state index contributed by atoms with van der Waals surface area (Å²) in [6.07, 6.45) is 4.42. The Hall–Kier alpha value is -0.430. The van der Waals surface area contributed by atoms with Gasteiger partial charge in [-0.25, -0.2) is 13.1 Å². The van der Waals surface area contributed by atoms with E-state index in [0.717, 1.165) is 24.1 Å². The summed E-state index contributed by atoms with van der Waals surface area (Å²) in [6, 6.07) is 3.39. The molecule has 1 aliphatic carbocycles. The molecule has 1 aromatic rings. The molecule has 0 saturated heterocycles. The number of aliphatic hydroxyl groups is 1. The second kappa shape index (κ2) is 5.28. The van der Waals surface area contributed by atoms with Crippen molar-refractivity contribution in [3.8, 4) is 0 Å². The van der Waals surface area contributed by atoms with Gasteiger partial charge in [-0.05, 0) is 31.9 Å². The van der Waals surface area contributed by atoms with Crippen LogP contribution in [0, 0.1) is 6.92 Å². The maximum absolute atomic E-state index is 12.0. The van der Waals surface area contributed by atoms with Gasteiger partial charge in [0.05, 0.1) is 5.60 Å². The Morgan fingerprint density at radius 2 is 2.00 bits per heavy atom. The van der Waals surface area contributed by atoms with Crippen LogP contribution < -0.4 is 4.72 Å². The molecule has 4 nitrogen and oxygen atoms in total. The topological polar surface area (TPSA) is 66.4 Å². The molecule has 102 valence electrons. The normalized spacial score (nSPS) is 19.9. The first-order valence-corrected chi connectivity index (χ1v) is 8.50. The first-order valence-electron chi connectivity index (χ1n) is 6.20. The van der Waals surface area contributed by atoms with Gasteiger partial charge in [0.2, 0.25) is 10.0 Å². The van der Waals surface area contributed by atoms with Crippen molar-refractivity contribution in [3.63, 3.8) is 0 Å². The van der Waals surface area contributed by atoms with E-state index in [1.165, 1.54) is 11.3 Å². The SMILES string of the molecule is Cc1ccc(S(=O)(=O)NCC2(O)CCCCC2)s1. The molecule has 0 unspecified atom stereocenters. The number of sulfonamides is 1. The lowest BCUT2D eigenvalue weighted by molar-refractivity contribution is 0.00946. The lowest BCUT2D eigenvalue weighted by Crippen LogP contribution is -2.44. The number of nitrogens with one attached hydrogen (secondary N) is 1. The van der Waals surface area contributed by atoms with Crippen molar-refractivity contribution in [2.45, 2.75) is 48.8 Å². The van der Waals surface area contributed by atoms with E-state index in [1.807, 2.05) is 6.92 Å². The van der Waals surface area contributed by atoms with Crippen molar-refractivity contribution in [1.82, 2.24) is 4.72 Å². The maximum atomic E-state index is 12.0. The number of rotatable bonds is 4. The van der Waals surface area contributed by atoms with Gasteiger partial charge in [-0.1, -0.05) is 19.3 Å². The van der Waals surface area contributed by atoms with Crippen molar-refractivity contribution in [3.05, 3.63) is 17.0 Å². The largest absolute Gasteiger partial charge is 0.389 e. The van der Waals surface area contributed by atoms with Crippen LogP contribution in [0.4, 0.5) is 0 Å². The second-order valence-corrected chi connectivity index (χ2v) is 8.26. The quantitative estimate of drug-likeness (QED) is 0.891. The molecule has 0 spiro atoms. The third kappa shape index (κ3) is 3.32. The van der Waals surface area contributed by atoms with Gasteiger partial charge >= 0.3 is 0 Å². The van der Waals surface area contributed by atoms with E-state index in [2.05, 4.69) is 4.72 Å². The predicted molar refractivity (Wildman–Crippen MR) is 72.3 cm³/mol. The summed E-state index contributed by atoms with van der Waals surface area (Å²) >= 11 is 1.25. The van der Waals surface area contributed by atoms with Crippen molar-refractivity contribution < 1.29 is 13.5 Å². The summed E-state index contributed by atoms with van der Waals surface area (Å²) in [5, 5.41) is 10.3. The summed E-state index contributed by atoms with van der Waals surface area (Å²) in [5.41, 5.74) is -0.863. The molecule has 1 aliphatic rings. The van der Waals surface area contributed by atoms with Crippen LogP contribution in [0.3, 0.4) is 0 Å². The summed E-state index contributed by atoms with van der Waals surface area (Å²) in [6.45, 7) is 1.99. The standard InChI is InChI=1S/C12H19NO3S2/c1-10-5-6-11(17-10)18(15,16)13-9-12(14)7-3-2-4-8-12/h5-6,13-14H,2-4,7-9H2,1H3. The van der Waals surface area contributed by atoms with E-state index < -0.39 is 15.6 Å². The average Bonchev–Trinajstić information content (AvgIpc) is 2.76. The van der Waals surface area contributed by atoms with Crippen molar-refractivity contribution in [1.29, 1.82) is 0 Å². The Kier molecular flexibility index (Phi) is 4.11. The average molecular weight is 289 g/mol. The van der Waals surface area contributed by atoms with Crippen molar-refractivity contribution >= 4 is 21.4 Å². The van der Waals surface area contributed by atoms with E-state index in [4.69, 9.17) is 0 Å². The molecule has 0 aromatic carbocycles. The molecule has 2 rings (SSSR count). The molecule has 1 heterocycles. The zero-order chi connectivity index (χ0) is 13.2. The highest BCUT2D eigenvalue weighted by Crippen LogP contribution is 2.28. The molecule has 0 amide bonds. The second-order valence-electron chi connectivity index (χ2n) is 4.97. The smallest absolute Gasteiger partial charge is 0.250 e. The minimum Gasteiger partial charge on any atom is -0.389 e. The van der Waals surface area contributed by atoms with Gasteiger partial charge < -0.3 is 5.11 Å². The molecule has 18 heavy (non-hydrogen) atoms. The number of hydrogen-bond acceptors (Lipinski definition) is 4. The van der Waals surface area contributed by atoms with Crippen LogP contribution in [0.25, 0.3) is 0 Å². The Balaban J connectivity index is 2.01. The Morgan fingerprint density at radius 3 is 2.56 bits per heavy atom. The summed E-state index contributed by atoms with van der Waals surface area (Å²) in [5.74, 6) is 0. The van der Waals surface area contributed by atoms with Gasteiger partial charge in [0.1, 0.15) is 4.21 Å². The predicted octanol–water partition coefficient (Wildman–Crippen LogP) is 2.03. The minimum atomic E-state index is -3.47. The Morgan fingerprint density at radius 1 is 1.33 bits per heavy atom. The van der Waals surface area contributed by atoms with Crippen molar-refractivity contribution in [2.75, 3.05) is 6.54 Å². The highest BCUT2D eigenvalue weighted by atomic mass is 32.2. The first kappa shape index (κ1) is 14.0. The Labute approximate surface area is 112 Å². The zero-order valence-corrected chi connectivity index (χ0v) is 12.1. The van der Waals surface area contributed by atoms with Crippen LogP contribution in [-0.2, 0) is 10.0 Å². The van der Waals surface area contributed by atoms with E-state index in [0.29, 0.717) is 17.1 Å². The molecule has 2 N–H and O–H groups in total. The number of hydrogen-bond donors (Lipinski definition) is 2. The van der Waals surface area contributed by atoms with Gasteiger partial charge in [-0.2, -0.15) is 0 Å². The molecule has 0 aliphatic heterocycles. The summed E-state index contributed by atoms with van der Waals surface area (Å²) in [7, 11) is -3.47. The van der Waals surface area contributed by atoms with Gasteiger partial charge in [0, 0.05) is 11.4 Å². The van der Waals surface area contributed by atoms with E-state index in [1.54, 1.807) is 12.1 Å². The fourth-order valence-corrected chi connectivity index (χ4v) is 4.69. The molecular weight excluding hydrogens is 270 g/mol. The lowest BCUT2D eigenvalue weighted by atomic mass is 9.85. The third-order valence-electron chi connectivity index (χ3n) is 3.36. The molecule has 6 heteroatoms. The molecule has 0 radical (unpaired) electrons. The molecule has 1 fully saturated rings. The lowest BCUT2D eigenvalue weighted by Gasteiger charge is -2.31. The third-order valence-corrected chi connectivity index (χ3v) is 6.25. The van der Waals surface area contributed by atoms with E-state index in [9.17, 15) is 13.5 Å². The van der Waals surface area contributed by atoms with E-state index in [-0.39, 0.29) is 6.54 Å². The van der Waals surface area contributed by atoms with Gasteiger partial charge in [-0.15, -0.1) is 11.3 Å². The fourth-order valence-electron chi connectivity index (χ4n) is 2.24. The Bertz CT molecular complexity index is 501. The monoisotopic (exact) mass is 289 g/mol. The van der Waals surface area contributed by atoms with Gasteiger partial charge in [0.15, 0.2) is 0 Å². The van der Waals surface area contributed by atoms with Crippen LogP contribution in [0.15, 0.2) is 16.3 Å². The molecule has 1 saturated carbocycles. The fraction of sp³-hybridized carbons (Fsp3) is 0.667.